The standard InChI is InChI=1S/C28H26N2O/c1-3-18-31-24-15-17-28-26(20-24)25-19-23(29(2)21-10-6-4-7-11-21)14-16-27(25)30(28)22-12-8-5-9-13-22/h4-17,19-20H,3,18H2,1-2H3. The lowest BCUT2D eigenvalue weighted by atomic mass is 10.1. The van der Waals surface area contributed by atoms with Crippen molar-refractivity contribution in [3.63, 3.8) is 0 Å². The number of aromatic nitrogens is 1. The molecule has 0 radical (unpaired) electrons. The summed E-state index contributed by atoms with van der Waals surface area (Å²) in [5, 5.41) is 2.43. The summed E-state index contributed by atoms with van der Waals surface area (Å²) >= 11 is 0. The highest BCUT2D eigenvalue weighted by atomic mass is 16.5. The van der Waals surface area contributed by atoms with E-state index in [9.17, 15) is 0 Å². The van der Waals surface area contributed by atoms with Crippen LogP contribution in [0.25, 0.3) is 27.5 Å². The van der Waals surface area contributed by atoms with E-state index in [4.69, 9.17) is 4.74 Å². The molecule has 0 atom stereocenters. The lowest BCUT2D eigenvalue weighted by Gasteiger charge is -2.19. The Morgan fingerprint density at radius 2 is 1.35 bits per heavy atom. The Balaban J connectivity index is 1.73. The van der Waals surface area contributed by atoms with Gasteiger partial charge in [0.15, 0.2) is 0 Å². The van der Waals surface area contributed by atoms with Crippen LogP contribution in [-0.2, 0) is 0 Å². The van der Waals surface area contributed by atoms with Crippen LogP contribution in [0.3, 0.4) is 0 Å². The molecule has 0 fully saturated rings. The minimum atomic E-state index is 0.727. The molecule has 154 valence electrons. The Morgan fingerprint density at radius 3 is 2.06 bits per heavy atom. The molecule has 0 bridgehead atoms. The number of nitrogens with zero attached hydrogens (tertiary/aromatic N) is 2. The molecule has 1 aromatic heterocycles. The fourth-order valence-corrected chi connectivity index (χ4v) is 4.16. The highest BCUT2D eigenvalue weighted by molar-refractivity contribution is 6.10. The molecule has 0 unspecified atom stereocenters. The normalized spacial score (nSPS) is 11.2. The van der Waals surface area contributed by atoms with Crippen molar-refractivity contribution in [2.75, 3.05) is 18.6 Å². The molecule has 0 spiro atoms. The number of fused-ring (bicyclic) bond motifs is 3. The van der Waals surface area contributed by atoms with Crippen LogP contribution < -0.4 is 9.64 Å². The number of ether oxygens (including phenoxy) is 1. The van der Waals surface area contributed by atoms with Crippen molar-refractivity contribution in [3.8, 4) is 11.4 Å². The molecule has 1 heterocycles. The fourth-order valence-electron chi connectivity index (χ4n) is 4.16. The van der Waals surface area contributed by atoms with Crippen molar-refractivity contribution >= 4 is 33.2 Å². The highest BCUT2D eigenvalue weighted by Crippen LogP contribution is 2.37. The molecule has 4 aromatic carbocycles. The first-order chi connectivity index (χ1) is 15.3. The van der Waals surface area contributed by atoms with Gasteiger partial charge in [0.1, 0.15) is 5.75 Å². The predicted molar refractivity (Wildman–Crippen MR) is 131 cm³/mol. The van der Waals surface area contributed by atoms with Gasteiger partial charge in [0.2, 0.25) is 0 Å². The van der Waals surface area contributed by atoms with E-state index in [-0.39, 0.29) is 0 Å². The monoisotopic (exact) mass is 406 g/mol. The first-order valence-corrected chi connectivity index (χ1v) is 10.8. The van der Waals surface area contributed by atoms with Crippen LogP contribution in [0.5, 0.6) is 5.75 Å². The zero-order valence-electron chi connectivity index (χ0n) is 18.0. The largest absolute Gasteiger partial charge is 0.494 e. The quantitative estimate of drug-likeness (QED) is 0.293. The van der Waals surface area contributed by atoms with Gasteiger partial charge in [-0.2, -0.15) is 0 Å². The minimum Gasteiger partial charge on any atom is -0.494 e. The van der Waals surface area contributed by atoms with Gasteiger partial charge in [-0.25, -0.2) is 0 Å². The van der Waals surface area contributed by atoms with Gasteiger partial charge in [-0.3, -0.25) is 0 Å². The number of hydrogen-bond acceptors (Lipinski definition) is 2. The molecule has 3 nitrogen and oxygen atoms in total. The number of benzene rings is 4. The molecule has 0 aliphatic heterocycles. The van der Waals surface area contributed by atoms with E-state index < -0.39 is 0 Å². The van der Waals surface area contributed by atoms with Gasteiger partial charge in [-0.15, -0.1) is 0 Å². The first-order valence-electron chi connectivity index (χ1n) is 10.8. The highest BCUT2D eigenvalue weighted by Gasteiger charge is 2.15. The van der Waals surface area contributed by atoms with E-state index in [1.165, 1.54) is 27.5 Å². The Labute approximate surface area is 183 Å². The maximum absolute atomic E-state index is 5.95. The topological polar surface area (TPSA) is 17.4 Å². The second kappa shape index (κ2) is 8.19. The zero-order chi connectivity index (χ0) is 21.2. The maximum Gasteiger partial charge on any atom is 0.120 e. The minimum absolute atomic E-state index is 0.727. The third kappa shape index (κ3) is 3.53. The fraction of sp³-hybridized carbons (Fsp3) is 0.143. The van der Waals surface area contributed by atoms with Crippen LogP contribution in [0.15, 0.2) is 97.1 Å². The molecule has 5 rings (SSSR count). The summed E-state index contributed by atoms with van der Waals surface area (Å²) in [6.07, 6.45) is 0.996. The first kappa shape index (κ1) is 19.3. The lowest BCUT2D eigenvalue weighted by Crippen LogP contribution is -2.08. The molecule has 3 heteroatoms. The Bertz CT molecular complexity index is 1320. The van der Waals surface area contributed by atoms with Crippen molar-refractivity contribution < 1.29 is 4.74 Å². The Morgan fingerprint density at radius 1 is 0.710 bits per heavy atom. The van der Waals surface area contributed by atoms with Crippen molar-refractivity contribution in [3.05, 3.63) is 97.1 Å². The number of rotatable bonds is 6. The molecule has 0 saturated carbocycles. The summed E-state index contributed by atoms with van der Waals surface area (Å²) in [6.45, 7) is 2.86. The Hall–Kier alpha value is -3.72. The van der Waals surface area contributed by atoms with Crippen molar-refractivity contribution in [2.45, 2.75) is 13.3 Å². The van der Waals surface area contributed by atoms with Gasteiger partial charge in [0.25, 0.3) is 0 Å². The van der Waals surface area contributed by atoms with Crippen molar-refractivity contribution in [1.29, 1.82) is 0 Å². The van der Waals surface area contributed by atoms with Crippen molar-refractivity contribution in [2.24, 2.45) is 0 Å². The summed E-state index contributed by atoms with van der Waals surface area (Å²) < 4.78 is 8.29. The predicted octanol–water partition coefficient (Wildman–Crippen LogP) is 7.34. The summed E-state index contributed by atoms with van der Waals surface area (Å²) in [7, 11) is 2.11. The summed E-state index contributed by atoms with van der Waals surface area (Å²) in [5.41, 5.74) is 5.86. The number of hydrogen-bond donors (Lipinski definition) is 0. The summed E-state index contributed by atoms with van der Waals surface area (Å²) in [6, 6.07) is 34.1. The van der Waals surface area contributed by atoms with E-state index in [0.29, 0.717) is 0 Å². The van der Waals surface area contributed by atoms with E-state index in [1.807, 2.05) is 6.07 Å². The molecule has 0 aliphatic carbocycles. The van der Waals surface area contributed by atoms with Gasteiger partial charge >= 0.3 is 0 Å². The van der Waals surface area contributed by atoms with Gasteiger partial charge in [0, 0.05) is 34.9 Å². The maximum atomic E-state index is 5.95. The van der Waals surface area contributed by atoms with Crippen molar-refractivity contribution in [1.82, 2.24) is 4.57 Å². The lowest BCUT2D eigenvalue weighted by molar-refractivity contribution is 0.318. The third-order valence-corrected chi connectivity index (χ3v) is 5.74. The number of anilines is 2. The van der Waals surface area contributed by atoms with Gasteiger partial charge in [-0.05, 0) is 67.1 Å². The van der Waals surface area contributed by atoms with E-state index >= 15 is 0 Å². The van der Waals surface area contributed by atoms with Gasteiger partial charge in [-0.1, -0.05) is 43.3 Å². The second-order valence-corrected chi connectivity index (χ2v) is 7.79. The van der Waals surface area contributed by atoms with Crippen LogP contribution in [0.1, 0.15) is 13.3 Å². The van der Waals surface area contributed by atoms with Crippen LogP contribution in [-0.4, -0.2) is 18.2 Å². The average Bonchev–Trinajstić information content (AvgIpc) is 3.16. The zero-order valence-corrected chi connectivity index (χ0v) is 18.0. The molecule has 0 N–H and O–H groups in total. The van der Waals surface area contributed by atoms with Crippen LogP contribution in [0.2, 0.25) is 0 Å². The molecule has 0 aliphatic rings. The SMILES string of the molecule is CCCOc1ccc2c(c1)c1cc(N(C)c3ccccc3)ccc1n2-c1ccccc1. The molecule has 0 amide bonds. The number of para-hydroxylation sites is 2. The average molecular weight is 407 g/mol. The van der Waals surface area contributed by atoms with E-state index in [1.54, 1.807) is 0 Å². The van der Waals surface area contributed by atoms with Crippen LogP contribution >= 0.6 is 0 Å². The molecular formula is C28H26N2O. The van der Waals surface area contributed by atoms with E-state index in [0.717, 1.165) is 30.2 Å². The molecule has 0 saturated heterocycles. The van der Waals surface area contributed by atoms with Crippen LogP contribution in [0, 0.1) is 0 Å². The molecule has 31 heavy (non-hydrogen) atoms. The third-order valence-electron chi connectivity index (χ3n) is 5.74. The molecular weight excluding hydrogens is 380 g/mol. The van der Waals surface area contributed by atoms with E-state index in [2.05, 4.69) is 114 Å². The van der Waals surface area contributed by atoms with Gasteiger partial charge < -0.3 is 14.2 Å². The molecule has 5 aromatic rings. The second-order valence-electron chi connectivity index (χ2n) is 7.79. The van der Waals surface area contributed by atoms with Gasteiger partial charge in [0.05, 0.1) is 17.6 Å². The summed E-state index contributed by atoms with van der Waals surface area (Å²) in [4.78, 5) is 2.22. The smallest absolute Gasteiger partial charge is 0.120 e. The summed E-state index contributed by atoms with van der Waals surface area (Å²) in [5.74, 6) is 0.920. The van der Waals surface area contributed by atoms with Crippen LogP contribution in [0.4, 0.5) is 11.4 Å². The Kier molecular flexibility index (Phi) is 5.09.